The molecule has 0 saturated heterocycles. The quantitative estimate of drug-likeness (QED) is 0.575. The molecular formula is C13H15F3N4O4. The number of nitrogens with one attached hydrogen (secondary N) is 1. The number of hydrogen-bond acceptors (Lipinski definition) is 8. The second-order valence-electron chi connectivity index (χ2n) is 4.57. The topological polar surface area (TPSA) is 92.9 Å². The fraction of sp³-hybridized carbons (Fsp3) is 0.385. The van der Waals surface area contributed by atoms with Gasteiger partial charge in [0.25, 0.3) is 0 Å². The highest BCUT2D eigenvalue weighted by Crippen LogP contribution is 2.29. The minimum atomic E-state index is -4.69. The number of aliphatic hydroxyl groups excluding tert-OH is 1. The summed E-state index contributed by atoms with van der Waals surface area (Å²) in [5.74, 6) is -1.57. The van der Waals surface area contributed by atoms with Gasteiger partial charge in [0, 0.05) is 5.56 Å². The van der Waals surface area contributed by atoms with Crippen LogP contribution in [0.1, 0.15) is 11.5 Å². The highest BCUT2D eigenvalue weighted by molar-refractivity contribution is 5.54. The van der Waals surface area contributed by atoms with Gasteiger partial charge in [-0.2, -0.15) is 23.6 Å². The summed E-state index contributed by atoms with van der Waals surface area (Å²) in [6.45, 7) is 0.189. The first kappa shape index (κ1) is 18.3. The van der Waals surface area contributed by atoms with Gasteiger partial charge in [-0.3, -0.25) is 4.84 Å². The number of alkyl halides is 3. The zero-order chi connectivity index (χ0) is 17.7. The Kier molecular flexibility index (Phi) is 5.85. The Bertz CT molecular complexity index is 647. The molecule has 0 spiro atoms. The van der Waals surface area contributed by atoms with Gasteiger partial charge < -0.3 is 14.5 Å². The van der Waals surface area contributed by atoms with Crippen LogP contribution >= 0.6 is 0 Å². The van der Waals surface area contributed by atoms with Crippen molar-refractivity contribution in [3.05, 3.63) is 35.7 Å². The lowest BCUT2D eigenvalue weighted by molar-refractivity contribution is -0.265. The molecule has 1 heterocycles. The minimum Gasteiger partial charge on any atom is -0.362 e. The van der Waals surface area contributed by atoms with E-state index < -0.39 is 18.4 Å². The number of aromatic nitrogens is 2. The van der Waals surface area contributed by atoms with E-state index in [-0.39, 0.29) is 12.4 Å². The summed E-state index contributed by atoms with van der Waals surface area (Å²) >= 11 is 0. The molecule has 0 aliphatic carbocycles. The van der Waals surface area contributed by atoms with Crippen LogP contribution in [0, 0.1) is 0 Å². The number of hydrogen-bond donors (Lipinski definition) is 2. The van der Waals surface area contributed by atoms with E-state index >= 15 is 0 Å². The monoisotopic (exact) mass is 348 g/mol. The molecule has 1 aromatic carbocycles. The average Bonchev–Trinajstić information content (AvgIpc) is 3.03. The smallest absolute Gasteiger partial charge is 0.362 e. The van der Waals surface area contributed by atoms with Gasteiger partial charge in [0.15, 0.2) is 0 Å². The Morgan fingerprint density at radius 2 is 1.96 bits per heavy atom. The van der Waals surface area contributed by atoms with Crippen molar-refractivity contribution in [3.63, 3.8) is 0 Å². The van der Waals surface area contributed by atoms with Crippen molar-refractivity contribution in [2.45, 2.75) is 19.1 Å². The van der Waals surface area contributed by atoms with Crippen LogP contribution in [0.5, 0.6) is 0 Å². The standard InChI is InChI=1S/C13H15F3N4O4/c1-22-19-12(21)20(23-2)7-8-3-5-9(6-4-8)10-17-11(24-18-10)13(14,15)16/h3-6,12,19,21H,7H2,1-2H3. The van der Waals surface area contributed by atoms with Gasteiger partial charge in [0.2, 0.25) is 12.2 Å². The summed E-state index contributed by atoms with van der Waals surface area (Å²) in [6.07, 6.45) is -5.89. The zero-order valence-corrected chi connectivity index (χ0v) is 12.7. The van der Waals surface area contributed by atoms with E-state index in [0.29, 0.717) is 5.56 Å². The fourth-order valence-electron chi connectivity index (χ4n) is 1.81. The van der Waals surface area contributed by atoms with Crippen LogP contribution in [0.4, 0.5) is 13.2 Å². The highest BCUT2D eigenvalue weighted by Gasteiger charge is 2.38. The molecule has 1 aromatic heterocycles. The summed E-state index contributed by atoms with van der Waals surface area (Å²) < 4.78 is 41.5. The van der Waals surface area contributed by atoms with Gasteiger partial charge in [-0.1, -0.05) is 29.4 Å². The second-order valence-corrected chi connectivity index (χ2v) is 4.57. The first-order valence-corrected chi connectivity index (χ1v) is 6.62. The lowest BCUT2D eigenvalue weighted by Gasteiger charge is -2.24. The summed E-state index contributed by atoms with van der Waals surface area (Å²) in [5.41, 5.74) is 3.37. The zero-order valence-electron chi connectivity index (χ0n) is 12.7. The maximum atomic E-state index is 12.4. The Morgan fingerprint density at radius 1 is 1.29 bits per heavy atom. The first-order chi connectivity index (χ1) is 11.3. The van der Waals surface area contributed by atoms with E-state index in [2.05, 4.69) is 25.0 Å². The highest BCUT2D eigenvalue weighted by atomic mass is 19.4. The summed E-state index contributed by atoms with van der Waals surface area (Å²) in [5, 5.41) is 14.2. The third-order valence-corrected chi connectivity index (χ3v) is 2.95. The van der Waals surface area contributed by atoms with Gasteiger partial charge in [-0.25, -0.2) is 0 Å². The summed E-state index contributed by atoms with van der Waals surface area (Å²) in [6, 6.07) is 6.32. The van der Waals surface area contributed by atoms with E-state index in [4.69, 9.17) is 4.84 Å². The Morgan fingerprint density at radius 3 is 2.46 bits per heavy atom. The molecule has 0 amide bonds. The molecule has 0 aliphatic rings. The number of hydroxylamine groups is 3. The maximum Gasteiger partial charge on any atom is 0.471 e. The molecule has 11 heteroatoms. The van der Waals surface area contributed by atoms with Crippen molar-refractivity contribution in [2.75, 3.05) is 14.2 Å². The molecule has 0 fully saturated rings. The van der Waals surface area contributed by atoms with Crippen LogP contribution < -0.4 is 5.48 Å². The molecule has 0 bridgehead atoms. The number of benzene rings is 1. The number of nitrogens with zero attached hydrogens (tertiary/aromatic N) is 3. The third-order valence-electron chi connectivity index (χ3n) is 2.95. The molecule has 2 rings (SSSR count). The number of aliphatic hydroxyl groups is 1. The lowest BCUT2D eigenvalue weighted by Crippen LogP contribution is -2.44. The van der Waals surface area contributed by atoms with Crippen LogP contribution in [-0.2, 0) is 22.4 Å². The molecule has 0 saturated carbocycles. The Balaban J connectivity index is 2.09. The Hall–Kier alpha value is -2.05. The van der Waals surface area contributed by atoms with Crippen LogP contribution in [-0.4, -0.2) is 40.9 Å². The van der Waals surface area contributed by atoms with Crippen LogP contribution in [0.3, 0.4) is 0 Å². The molecule has 1 unspecified atom stereocenters. The predicted octanol–water partition coefficient (Wildman–Crippen LogP) is 1.55. The van der Waals surface area contributed by atoms with E-state index in [1.54, 1.807) is 12.1 Å². The van der Waals surface area contributed by atoms with E-state index in [9.17, 15) is 18.3 Å². The second kappa shape index (κ2) is 7.68. The normalized spacial score (nSPS) is 13.5. The van der Waals surface area contributed by atoms with Crippen LogP contribution in [0.25, 0.3) is 11.4 Å². The lowest BCUT2D eigenvalue weighted by atomic mass is 10.1. The molecule has 2 N–H and O–H groups in total. The molecule has 0 radical (unpaired) electrons. The third kappa shape index (κ3) is 4.49. The van der Waals surface area contributed by atoms with Crippen molar-refractivity contribution in [3.8, 4) is 11.4 Å². The van der Waals surface area contributed by atoms with Crippen molar-refractivity contribution < 1.29 is 32.5 Å². The molecular weight excluding hydrogens is 333 g/mol. The minimum absolute atomic E-state index is 0.168. The van der Waals surface area contributed by atoms with Gasteiger partial charge >= 0.3 is 12.1 Å². The first-order valence-electron chi connectivity index (χ1n) is 6.62. The van der Waals surface area contributed by atoms with Crippen molar-refractivity contribution in [2.24, 2.45) is 0 Å². The molecule has 2 aromatic rings. The average molecular weight is 348 g/mol. The fourth-order valence-corrected chi connectivity index (χ4v) is 1.81. The molecule has 0 aliphatic heterocycles. The largest absolute Gasteiger partial charge is 0.471 e. The molecule has 1 atom stereocenters. The molecule has 8 nitrogen and oxygen atoms in total. The van der Waals surface area contributed by atoms with Gasteiger partial charge in [0.05, 0.1) is 20.8 Å². The van der Waals surface area contributed by atoms with E-state index in [1.807, 2.05) is 0 Å². The van der Waals surface area contributed by atoms with Gasteiger partial charge in [0.1, 0.15) is 0 Å². The van der Waals surface area contributed by atoms with E-state index in [0.717, 1.165) is 5.56 Å². The van der Waals surface area contributed by atoms with Gasteiger partial charge in [-0.05, 0) is 5.56 Å². The number of halogens is 3. The van der Waals surface area contributed by atoms with Crippen molar-refractivity contribution in [1.82, 2.24) is 20.7 Å². The van der Waals surface area contributed by atoms with Crippen LogP contribution in [0.2, 0.25) is 0 Å². The van der Waals surface area contributed by atoms with Crippen molar-refractivity contribution >= 4 is 0 Å². The maximum absolute atomic E-state index is 12.4. The summed E-state index contributed by atoms with van der Waals surface area (Å²) in [4.78, 5) is 12.9. The predicted molar refractivity (Wildman–Crippen MR) is 73.4 cm³/mol. The van der Waals surface area contributed by atoms with Crippen LogP contribution in [0.15, 0.2) is 28.8 Å². The number of rotatable bonds is 7. The SMILES string of the molecule is CONC(O)N(Cc1ccc(-c2noc(C(F)(F)F)n2)cc1)OC. The van der Waals surface area contributed by atoms with Crippen molar-refractivity contribution in [1.29, 1.82) is 0 Å². The Labute approximate surface area is 134 Å². The molecule has 132 valence electrons. The van der Waals surface area contributed by atoms with Gasteiger partial charge in [-0.15, -0.1) is 5.06 Å². The summed E-state index contributed by atoms with van der Waals surface area (Å²) in [7, 11) is 2.71. The molecule has 24 heavy (non-hydrogen) atoms. The van der Waals surface area contributed by atoms with E-state index in [1.165, 1.54) is 31.4 Å².